The van der Waals surface area contributed by atoms with Gasteiger partial charge in [0.05, 0.1) is 10.0 Å². The van der Waals surface area contributed by atoms with Crippen LogP contribution in [0, 0.1) is 6.92 Å². The van der Waals surface area contributed by atoms with Crippen LogP contribution < -0.4 is 4.31 Å². The highest BCUT2D eigenvalue weighted by atomic mass is 79.9. The lowest BCUT2D eigenvalue weighted by molar-refractivity contribution is 0.596. The average Bonchev–Trinajstić information content (AvgIpc) is 2.76. The minimum absolute atomic E-state index is 0.238. The molecular weight excluding hydrogens is 370 g/mol. The SMILES string of the molecule is Cc1cc(Br)ccc1N(C)S(=O)(=O)c1ccc(Cl)s1. The Kier molecular flexibility index (Phi) is 4.25. The highest BCUT2D eigenvalue weighted by Crippen LogP contribution is 2.32. The smallest absolute Gasteiger partial charge is 0.268 e. The van der Waals surface area contributed by atoms with Crippen molar-refractivity contribution in [2.24, 2.45) is 0 Å². The zero-order valence-electron chi connectivity index (χ0n) is 10.2. The molecule has 0 aliphatic carbocycles. The van der Waals surface area contributed by atoms with Gasteiger partial charge in [-0.15, -0.1) is 11.3 Å². The lowest BCUT2D eigenvalue weighted by atomic mass is 10.2. The summed E-state index contributed by atoms with van der Waals surface area (Å²) in [4.78, 5) is 0. The molecule has 0 saturated carbocycles. The van der Waals surface area contributed by atoms with E-state index < -0.39 is 10.0 Å². The van der Waals surface area contributed by atoms with Crippen molar-refractivity contribution in [3.8, 4) is 0 Å². The summed E-state index contributed by atoms with van der Waals surface area (Å²) in [7, 11) is -2.01. The van der Waals surface area contributed by atoms with Gasteiger partial charge in [0.15, 0.2) is 0 Å². The van der Waals surface area contributed by atoms with Crippen molar-refractivity contribution < 1.29 is 8.42 Å². The van der Waals surface area contributed by atoms with Crippen LogP contribution in [0.2, 0.25) is 4.34 Å². The molecule has 19 heavy (non-hydrogen) atoms. The van der Waals surface area contributed by atoms with E-state index >= 15 is 0 Å². The first-order chi connectivity index (χ1) is 8.82. The van der Waals surface area contributed by atoms with E-state index in [0.717, 1.165) is 21.4 Å². The Morgan fingerprint density at radius 3 is 2.47 bits per heavy atom. The standard InChI is InChI=1S/C12H11BrClNO2S2/c1-8-7-9(13)3-4-10(8)15(2)19(16,17)12-6-5-11(14)18-12/h3-7H,1-2H3. The van der Waals surface area contributed by atoms with Gasteiger partial charge in [0, 0.05) is 11.5 Å². The summed E-state index contributed by atoms with van der Waals surface area (Å²) in [6.45, 7) is 1.87. The van der Waals surface area contributed by atoms with E-state index in [9.17, 15) is 8.42 Å². The maximum Gasteiger partial charge on any atom is 0.273 e. The predicted octanol–water partition coefficient (Wildman–Crippen LogP) is 4.30. The first-order valence-corrected chi connectivity index (χ1v) is 8.75. The molecule has 102 valence electrons. The second-order valence-electron chi connectivity index (χ2n) is 3.96. The number of benzene rings is 1. The van der Waals surface area contributed by atoms with Crippen LogP contribution >= 0.6 is 38.9 Å². The number of rotatable bonds is 3. The fraction of sp³-hybridized carbons (Fsp3) is 0.167. The van der Waals surface area contributed by atoms with Crippen molar-refractivity contribution in [1.82, 2.24) is 0 Å². The van der Waals surface area contributed by atoms with Crippen LogP contribution in [0.25, 0.3) is 0 Å². The average molecular weight is 381 g/mol. The summed E-state index contributed by atoms with van der Waals surface area (Å²) in [5, 5.41) is 0. The van der Waals surface area contributed by atoms with Crippen LogP contribution in [0.15, 0.2) is 39.0 Å². The molecule has 1 heterocycles. The quantitative estimate of drug-likeness (QED) is 0.796. The molecule has 0 fully saturated rings. The van der Waals surface area contributed by atoms with Gasteiger partial charge in [-0.1, -0.05) is 27.5 Å². The third kappa shape index (κ3) is 2.97. The Morgan fingerprint density at radius 2 is 1.95 bits per heavy atom. The lowest BCUT2D eigenvalue weighted by Gasteiger charge is -2.20. The maximum atomic E-state index is 12.4. The van der Waals surface area contributed by atoms with Crippen molar-refractivity contribution in [3.63, 3.8) is 0 Å². The van der Waals surface area contributed by atoms with Crippen LogP contribution in [-0.4, -0.2) is 15.5 Å². The highest BCUT2D eigenvalue weighted by molar-refractivity contribution is 9.10. The molecule has 7 heteroatoms. The lowest BCUT2D eigenvalue weighted by Crippen LogP contribution is -2.26. The molecule has 0 unspecified atom stereocenters. The van der Waals surface area contributed by atoms with Gasteiger partial charge in [-0.2, -0.15) is 0 Å². The largest absolute Gasteiger partial charge is 0.273 e. The van der Waals surface area contributed by atoms with Crippen molar-refractivity contribution in [1.29, 1.82) is 0 Å². The zero-order valence-corrected chi connectivity index (χ0v) is 14.2. The first kappa shape index (κ1) is 14.8. The molecule has 3 nitrogen and oxygen atoms in total. The number of anilines is 1. The molecule has 0 atom stereocenters. The van der Waals surface area contributed by atoms with Crippen LogP contribution in [0.3, 0.4) is 0 Å². The van der Waals surface area contributed by atoms with Gasteiger partial charge in [-0.25, -0.2) is 8.42 Å². The van der Waals surface area contributed by atoms with E-state index in [1.165, 1.54) is 10.4 Å². The van der Waals surface area contributed by atoms with E-state index in [1.807, 2.05) is 19.1 Å². The van der Waals surface area contributed by atoms with Gasteiger partial charge in [0.2, 0.25) is 0 Å². The molecule has 0 N–H and O–H groups in total. The molecule has 2 rings (SSSR count). The third-order valence-electron chi connectivity index (χ3n) is 2.66. The molecule has 0 aliphatic rings. The van der Waals surface area contributed by atoms with Crippen LogP contribution in [-0.2, 0) is 10.0 Å². The van der Waals surface area contributed by atoms with Crippen LogP contribution in [0.1, 0.15) is 5.56 Å². The summed E-state index contributed by atoms with van der Waals surface area (Å²) in [6, 6.07) is 8.57. The fourth-order valence-electron chi connectivity index (χ4n) is 1.67. The molecule has 0 radical (unpaired) electrons. The zero-order chi connectivity index (χ0) is 14.2. The Labute approximate surface area is 130 Å². The number of nitrogens with zero attached hydrogens (tertiary/aromatic N) is 1. The molecule has 0 aliphatic heterocycles. The summed E-state index contributed by atoms with van der Waals surface area (Å²) >= 11 is 10.2. The molecular formula is C12H11BrClNO2S2. The van der Waals surface area contributed by atoms with Gasteiger partial charge in [0.1, 0.15) is 4.21 Å². The number of halogens is 2. The third-order valence-corrected chi connectivity index (χ3v) is 6.62. The summed E-state index contributed by atoms with van der Waals surface area (Å²) in [5.41, 5.74) is 1.52. The van der Waals surface area contributed by atoms with Crippen molar-refractivity contribution in [3.05, 3.63) is 44.7 Å². The Balaban J connectivity index is 2.46. The normalized spacial score (nSPS) is 11.6. The fourth-order valence-corrected chi connectivity index (χ4v) is 5.06. The van der Waals surface area contributed by atoms with Crippen LogP contribution in [0.4, 0.5) is 5.69 Å². The summed E-state index contributed by atoms with van der Waals surface area (Å²) in [6.07, 6.45) is 0. The molecule has 2 aromatic rings. The number of hydrogen-bond donors (Lipinski definition) is 0. The Bertz CT molecular complexity index is 712. The molecule has 0 spiro atoms. The Morgan fingerprint density at radius 1 is 1.26 bits per heavy atom. The number of hydrogen-bond acceptors (Lipinski definition) is 3. The minimum Gasteiger partial charge on any atom is -0.268 e. The highest BCUT2D eigenvalue weighted by Gasteiger charge is 2.24. The molecule has 0 amide bonds. The van der Waals surface area contributed by atoms with Crippen LogP contribution in [0.5, 0.6) is 0 Å². The van der Waals surface area contributed by atoms with E-state index in [-0.39, 0.29) is 4.21 Å². The topological polar surface area (TPSA) is 37.4 Å². The van der Waals surface area contributed by atoms with Crippen molar-refractivity contribution >= 4 is 54.6 Å². The van der Waals surface area contributed by atoms with E-state index in [2.05, 4.69) is 15.9 Å². The van der Waals surface area contributed by atoms with E-state index in [0.29, 0.717) is 10.0 Å². The second kappa shape index (κ2) is 5.44. The number of aryl methyl sites for hydroxylation is 1. The van der Waals surface area contributed by atoms with Crippen molar-refractivity contribution in [2.75, 3.05) is 11.4 Å². The van der Waals surface area contributed by atoms with Gasteiger partial charge < -0.3 is 0 Å². The van der Waals surface area contributed by atoms with Gasteiger partial charge in [-0.05, 0) is 42.8 Å². The molecule has 0 bridgehead atoms. The molecule has 1 aromatic carbocycles. The summed E-state index contributed by atoms with van der Waals surface area (Å²) < 4.78 is 27.8. The van der Waals surface area contributed by atoms with E-state index in [4.69, 9.17) is 11.6 Å². The maximum absolute atomic E-state index is 12.4. The number of sulfonamides is 1. The van der Waals surface area contributed by atoms with Crippen molar-refractivity contribution in [2.45, 2.75) is 11.1 Å². The minimum atomic E-state index is -3.55. The molecule has 0 saturated heterocycles. The van der Waals surface area contributed by atoms with Gasteiger partial charge >= 0.3 is 0 Å². The molecule has 1 aromatic heterocycles. The number of thiophene rings is 1. The summed E-state index contributed by atoms with van der Waals surface area (Å²) in [5.74, 6) is 0. The monoisotopic (exact) mass is 379 g/mol. The van der Waals surface area contributed by atoms with Gasteiger partial charge in [-0.3, -0.25) is 4.31 Å². The van der Waals surface area contributed by atoms with E-state index in [1.54, 1.807) is 19.2 Å². The second-order valence-corrected chi connectivity index (χ2v) is 8.79. The Hall–Kier alpha value is -0.560. The first-order valence-electron chi connectivity index (χ1n) is 5.33. The van der Waals surface area contributed by atoms with Gasteiger partial charge in [0.25, 0.3) is 10.0 Å². The predicted molar refractivity (Wildman–Crippen MR) is 83.8 cm³/mol.